The Bertz CT molecular complexity index is 515. The van der Waals surface area contributed by atoms with Crippen molar-refractivity contribution in [1.29, 1.82) is 0 Å². The third-order valence-corrected chi connectivity index (χ3v) is 2.88. The number of aryl methyl sites for hydroxylation is 3. The van der Waals surface area contributed by atoms with Crippen molar-refractivity contribution in [2.75, 3.05) is 0 Å². The van der Waals surface area contributed by atoms with Gasteiger partial charge in [0.25, 0.3) is 0 Å². The topological polar surface area (TPSA) is 25.8 Å². The fourth-order valence-corrected chi connectivity index (χ4v) is 2.15. The minimum atomic E-state index is 0.783. The molecular formula is C13H13BrN2. The first-order valence-electron chi connectivity index (χ1n) is 5.15. The zero-order valence-corrected chi connectivity index (χ0v) is 11.2. The predicted octanol–water partition coefficient (Wildman–Crippen LogP) is 3.83. The molecule has 0 N–H and O–H groups in total. The molecule has 1 aromatic carbocycles. The monoisotopic (exact) mass is 276 g/mol. The van der Waals surface area contributed by atoms with E-state index in [-0.39, 0.29) is 0 Å². The van der Waals surface area contributed by atoms with E-state index in [1.807, 2.05) is 13.0 Å². The van der Waals surface area contributed by atoms with Crippen LogP contribution >= 0.6 is 15.9 Å². The Morgan fingerprint density at radius 1 is 1.00 bits per heavy atom. The lowest BCUT2D eigenvalue weighted by molar-refractivity contribution is 1.04. The summed E-state index contributed by atoms with van der Waals surface area (Å²) in [5, 5.41) is 0. The van der Waals surface area contributed by atoms with Gasteiger partial charge in [0.2, 0.25) is 0 Å². The highest BCUT2D eigenvalue weighted by molar-refractivity contribution is 9.10. The summed E-state index contributed by atoms with van der Waals surface area (Å²) >= 11 is 3.40. The second kappa shape index (κ2) is 4.34. The van der Waals surface area contributed by atoms with Gasteiger partial charge in [-0.25, -0.2) is 9.97 Å². The van der Waals surface area contributed by atoms with E-state index in [9.17, 15) is 0 Å². The molecule has 0 unspecified atom stereocenters. The van der Waals surface area contributed by atoms with Gasteiger partial charge in [-0.2, -0.15) is 0 Å². The molecule has 0 aliphatic rings. The van der Waals surface area contributed by atoms with E-state index >= 15 is 0 Å². The van der Waals surface area contributed by atoms with Crippen LogP contribution in [0.15, 0.2) is 28.9 Å². The second-order valence-electron chi connectivity index (χ2n) is 3.94. The van der Waals surface area contributed by atoms with Crippen LogP contribution in [0.5, 0.6) is 0 Å². The summed E-state index contributed by atoms with van der Waals surface area (Å²) in [7, 11) is 0. The van der Waals surface area contributed by atoms with Crippen LogP contribution in [0.1, 0.15) is 17.0 Å². The van der Waals surface area contributed by atoms with E-state index in [2.05, 4.69) is 57.9 Å². The van der Waals surface area contributed by atoms with E-state index in [0.29, 0.717) is 0 Å². The van der Waals surface area contributed by atoms with Gasteiger partial charge in [-0.3, -0.25) is 0 Å². The first kappa shape index (κ1) is 11.3. The summed E-state index contributed by atoms with van der Waals surface area (Å²) in [5.74, 6) is 0.783. The lowest BCUT2D eigenvalue weighted by atomic mass is 10.0. The smallest absolute Gasteiger partial charge is 0.127 e. The number of nitrogens with zero attached hydrogens (tertiary/aromatic N) is 2. The highest BCUT2D eigenvalue weighted by Crippen LogP contribution is 2.24. The van der Waals surface area contributed by atoms with Crippen molar-refractivity contribution in [3.05, 3.63) is 45.8 Å². The Morgan fingerprint density at radius 3 is 2.44 bits per heavy atom. The van der Waals surface area contributed by atoms with E-state index in [4.69, 9.17) is 0 Å². The number of hydrogen-bond donors (Lipinski definition) is 0. The lowest BCUT2D eigenvalue weighted by Gasteiger charge is -2.07. The number of benzene rings is 1. The molecule has 82 valence electrons. The van der Waals surface area contributed by atoms with Gasteiger partial charge < -0.3 is 0 Å². The van der Waals surface area contributed by atoms with Crippen LogP contribution in [0.25, 0.3) is 11.3 Å². The Morgan fingerprint density at radius 2 is 1.75 bits per heavy atom. The second-order valence-corrected chi connectivity index (χ2v) is 4.75. The van der Waals surface area contributed by atoms with Crippen molar-refractivity contribution in [3.8, 4) is 11.3 Å². The minimum Gasteiger partial charge on any atom is -0.233 e. The molecule has 0 radical (unpaired) electrons. The molecule has 2 aromatic rings. The highest BCUT2D eigenvalue weighted by Gasteiger charge is 2.06. The molecule has 0 aliphatic carbocycles. The summed E-state index contributed by atoms with van der Waals surface area (Å²) in [6, 6.07) is 8.34. The van der Waals surface area contributed by atoms with Crippen LogP contribution < -0.4 is 0 Å². The summed E-state index contributed by atoms with van der Waals surface area (Å²) in [6.45, 7) is 6.09. The zero-order valence-electron chi connectivity index (χ0n) is 9.58. The molecule has 0 atom stereocenters. The summed E-state index contributed by atoms with van der Waals surface area (Å²) < 4.78 is 0.830. The van der Waals surface area contributed by atoms with E-state index < -0.39 is 0 Å². The molecule has 0 amide bonds. The molecule has 0 fully saturated rings. The van der Waals surface area contributed by atoms with Crippen LogP contribution in [0.2, 0.25) is 0 Å². The van der Waals surface area contributed by atoms with Gasteiger partial charge in [-0.1, -0.05) is 17.7 Å². The maximum absolute atomic E-state index is 4.47. The van der Waals surface area contributed by atoms with Crippen LogP contribution in [0, 0.1) is 20.8 Å². The molecule has 1 aromatic heterocycles. The molecule has 0 saturated heterocycles. The molecule has 0 bridgehead atoms. The predicted molar refractivity (Wildman–Crippen MR) is 69.4 cm³/mol. The SMILES string of the molecule is Cc1ccc(C)c(-c2cc(Br)nc(C)n2)c1. The number of rotatable bonds is 1. The maximum Gasteiger partial charge on any atom is 0.127 e. The molecule has 3 heteroatoms. The van der Waals surface area contributed by atoms with Crippen LogP contribution in [0.3, 0.4) is 0 Å². The highest BCUT2D eigenvalue weighted by atomic mass is 79.9. The van der Waals surface area contributed by atoms with Crippen molar-refractivity contribution in [1.82, 2.24) is 9.97 Å². The molecule has 16 heavy (non-hydrogen) atoms. The third-order valence-electron chi connectivity index (χ3n) is 2.48. The van der Waals surface area contributed by atoms with Crippen molar-refractivity contribution in [3.63, 3.8) is 0 Å². The quantitative estimate of drug-likeness (QED) is 0.740. The normalized spacial score (nSPS) is 10.5. The fourth-order valence-electron chi connectivity index (χ4n) is 1.68. The maximum atomic E-state index is 4.47. The van der Waals surface area contributed by atoms with Gasteiger partial charge in [0.1, 0.15) is 10.4 Å². The van der Waals surface area contributed by atoms with E-state index in [0.717, 1.165) is 16.1 Å². The van der Waals surface area contributed by atoms with Gasteiger partial charge in [0.15, 0.2) is 0 Å². The average Bonchev–Trinajstić information content (AvgIpc) is 2.20. The first-order valence-corrected chi connectivity index (χ1v) is 5.94. The first-order chi connectivity index (χ1) is 7.56. The molecule has 1 heterocycles. The number of halogens is 1. The average molecular weight is 277 g/mol. The van der Waals surface area contributed by atoms with E-state index in [1.165, 1.54) is 16.7 Å². The fraction of sp³-hybridized carbons (Fsp3) is 0.231. The molecular weight excluding hydrogens is 264 g/mol. The Balaban J connectivity index is 2.62. The minimum absolute atomic E-state index is 0.783. The summed E-state index contributed by atoms with van der Waals surface area (Å²) in [4.78, 5) is 8.68. The molecule has 2 nitrogen and oxygen atoms in total. The Kier molecular flexibility index (Phi) is 3.06. The zero-order chi connectivity index (χ0) is 11.7. The van der Waals surface area contributed by atoms with Crippen LogP contribution in [-0.4, -0.2) is 9.97 Å². The van der Waals surface area contributed by atoms with Crippen molar-refractivity contribution in [2.24, 2.45) is 0 Å². The van der Waals surface area contributed by atoms with Crippen LogP contribution in [-0.2, 0) is 0 Å². The van der Waals surface area contributed by atoms with Crippen molar-refractivity contribution < 1.29 is 0 Å². The molecule has 0 aliphatic heterocycles. The Hall–Kier alpha value is -1.22. The molecule has 0 saturated carbocycles. The Labute approximate surface area is 104 Å². The number of aromatic nitrogens is 2. The van der Waals surface area contributed by atoms with Gasteiger partial charge in [0.05, 0.1) is 5.69 Å². The third kappa shape index (κ3) is 2.30. The lowest BCUT2D eigenvalue weighted by Crippen LogP contribution is -1.93. The molecule has 2 rings (SSSR count). The van der Waals surface area contributed by atoms with E-state index in [1.54, 1.807) is 0 Å². The van der Waals surface area contributed by atoms with Crippen LogP contribution in [0.4, 0.5) is 0 Å². The summed E-state index contributed by atoms with van der Waals surface area (Å²) in [6.07, 6.45) is 0. The van der Waals surface area contributed by atoms with Gasteiger partial charge in [-0.15, -0.1) is 0 Å². The standard InChI is InChI=1S/C13H13BrN2/c1-8-4-5-9(2)11(6-8)12-7-13(14)16-10(3)15-12/h4-7H,1-3H3. The molecule has 0 spiro atoms. The van der Waals surface area contributed by atoms with Gasteiger partial charge in [-0.05, 0) is 54.4 Å². The summed E-state index contributed by atoms with van der Waals surface area (Å²) in [5.41, 5.74) is 4.62. The van der Waals surface area contributed by atoms with Gasteiger partial charge in [0, 0.05) is 5.56 Å². The largest absolute Gasteiger partial charge is 0.233 e. The number of hydrogen-bond acceptors (Lipinski definition) is 2. The van der Waals surface area contributed by atoms with Crippen molar-refractivity contribution >= 4 is 15.9 Å². The van der Waals surface area contributed by atoms with Crippen molar-refractivity contribution in [2.45, 2.75) is 20.8 Å². The van der Waals surface area contributed by atoms with Gasteiger partial charge >= 0.3 is 0 Å².